The van der Waals surface area contributed by atoms with Crippen molar-refractivity contribution >= 4 is 10.2 Å². The molecule has 0 aliphatic heterocycles. The van der Waals surface area contributed by atoms with E-state index >= 15 is 0 Å². The number of rotatable bonds is 4. The lowest BCUT2D eigenvalue weighted by Gasteiger charge is -2.13. The molecule has 0 heterocycles. The third kappa shape index (κ3) is 2.61. The van der Waals surface area contributed by atoms with Gasteiger partial charge in [-0.05, 0) is 0 Å². The Labute approximate surface area is 61.1 Å². The van der Waals surface area contributed by atoms with Gasteiger partial charge in [0.15, 0.2) is 0 Å². The number of nitrogens with one attached hydrogen (secondary N) is 1. The van der Waals surface area contributed by atoms with Gasteiger partial charge in [0.05, 0.1) is 7.11 Å². The Kier molecular flexibility index (Phi) is 3.80. The van der Waals surface area contributed by atoms with E-state index < -0.39 is 10.2 Å². The van der Waals surface area contributed by atoms with E-state index in [2.05, 4.69) is 4.84 Å². The fraction of sp³-hybridized carbons (Fsp3) is 1.00. The minimum atomic E-state index is -3.40. The maximum absolute atomic E-state index is 10.9. The van der Waals surface area contributed by atoms with Crippen LogP contribution in [0.25, 0.3) is 0 Å². The van der Waals surface area contributed by atoms with E-state index in [4.69, 9.17) is 0 Å². The van der Waals surface area contributed by atoms with Crippen molar-refractivity contribution in [2.45, 2.75) is 6.92 Å². The van der Waals surface area contributed by atoms with Gasteiger partial charge in [-0.2, -0.15) is 12.7 Å². The van der Waals surface area contributed by atoms with E-state index in [1.54, 1.807) is 6.92 Å². The lowest BCUT2D eigenvalue weighted by molar-refractivity contribution is 0.147. The highest BCUT2D eigenvalue weighted by Gasteiger charge is 2.13. The summed E-state index contributed by atoms with van der Waals surface area (Å²) >= 11 is 0. The number of hydrogen-bond donors (Lipinski definition) is 1. The summed E-state index contributed by atoms with van der Waals surface area (Å²) in [5, 5.41) is 0. The van der Waals surface area contributed by atoms with Crippen LogP contribution < -0.4 is 4.89 Å². The zero-order chi connectivity index (χ0) is 8.20. The predicted molar refractivity (Wildman–Crippen MR) is 37.4 cm³/mol. The van der Waals surface area contributed by atoms with Crippen molar-refractivity contribution < 1.29 is 13.3 Å². The summed E-state index contributed by atoms with van der Waals surface area (Å²) in [6.45, 7) is 2.15. The number of hydrogen-bond acceptors (Lipinski definition) is 3. The van der Waals surface area contributed by atoms with Crippen LogP contribution in [0.2, 0.25) is 0 Å². The average molecular weight is 168 g/mol. The second-order valence-corrected chi connectivity index (χ2v) is 3.45. The van der Waals surface area contributed by atoms with Crippen molar-refractivity contribution in [1.29, 1.82) is 0 Å². The molecule has 0 radical (unpaired) electrons. The molecule has 10 heavy (non-hydrogen) atoms. The summed E-state index contributed by atoms with van der Waals surface area (Å²) in [6, 6.07) is 0. The molecule has 0 aromatic carbocycles. The van der Waals surface area contributed by atoms with Crippen molar-refractivity contribution in [3.05, 3.63) is 0 Å². The topological polar surface area (TPSA) is 58.6 Å². The molecule has 0 fully saturated rings. The minimum absolute atomic E-state index is 0.415. The van der Waals surface area contributed by atoms with Gasteiger partial charge in [-0.3, -0.25) is 4.84 Å². The van der Waals surface area contributed by atoms with Gasteiger partial charge in [-0.1, -0.05) is 11.8 Å². The zero-order valence-corrected chi connectivity index (χ0v) is 7.10. The second kappa shape index (κ2) is 3.87. The first-order valence-corrected chi connectivity index (χ1v) is 4.24. The third-order valence-electron chi connectivity index (χ3n) is 1.04. The molecule has 0 aromatic rings. The maximum Gasteiger partial charge on any atom is 0.301 e. The van der Waals surface area contributed by atoms with Crippen molar-refractivity contribution in [1.82, 2.24) is 9.19 Å². The largest absolute Gasteiger partial charge is 0.301 e. The van der Waals surface area contributed by atoms with Crippen molar-refractivity contribution in [2.75, 3.05) is 20.7 Å². The quantitative estimate of drug-likeness (QED) is 0.567. The summed E-state index contributed by atoms with van der Waals surface area (Å²) < 4.78 is 22.8. The van der Waals surface area contributed by atoms with Crippen molar-refractivity contribution in [3.63, 3.8) is 0 Å². The first kappa shape index (κ1) is 9.83. The van der Waals surface area contributed by atoms with Crippen LogP contribution in [0.3, 0.4) is 0 Å². The Bertz CT molecular complexity index is 177. The molecule has 0 saturated carbocycles. The van der Waals surface area contributed by atoms with Crippen LogP contribution in [0, 0.1) is 0 Å². The van der Waals surface area contributed by atoms with Crippen LogP contribution in [0.15, 0.2) is 0 Å². The maximum atomic E-state index is 10.9. The van der Waals surface area contributed by atoms with Gasteiger partial charge in [0.2, 0.25) is 0 Å². The molecule has 0 rings (SSSR count). The Morgan fingerprint density at radius 1 is 1.60 bits per heavy atom. The van der Waals surface area contributed by atoms with E-state index in [1.165, 1.54) is 14.2 Å². The molecule has 1 N–H and O–H groups in total. The average Bonchev–Trinajstić information content (AvgIpc) is 1.86. The predicted octanol–water partition coefficient (Wildman–Crippen LogP) is -0.666. The SMILES string of the molecule is CCN(C)S(=O)(=O)NOC. The van der Waals surface area contributed by atoms with Crippen molar-refractivity contribution in [3.8, 4) is 0 Å². The van der Waals surface area contributed by atoms with Gasteiger partial charge in [0.25, 0.3) is 0 Å². The molecular formula is C4H12N2O3S. The first-order chi connectivity index (χ1) is 4.54. The Balaban J connectivity index is 4.12. The Hall–Kier alpha value is -0.170. The van der Waals surface area contributed by atoms with Gasteiger partial charge < -0.3 is 0 Å². The molecule has 0 unspecified atom stereocenters. The molecular weight excluding hydrogens is 156 g/mol. The van der Waals surface area contributed by atoms with Crippen LogP contribution in [-0.4, -0.2) is 33.4 Å². The molecule has 0 spiro atoms. The van der Waals surface area contributed by atoms with Crippen LogP contribution in [0.5, 0.6) is 0 Å². The van der Waals surface area contributed by atoms with Crippen LogP contribution in [0.4, 0.5) is 0 Å². The van der Waals surface area contributed by atoms with Gasteiger partial charge in [-0.25, -0.2) is 0 Å². The monoisotopic (exact) mass is 168 g/mol. The highest BCUT2D eigenvalue weighted by molar-refractivity contribution is 7.86. The Morgan fingerprint density at radius 2 is 2.10 bits per heavy atom. The fourth-order valence-electron chi connectivity index (χ4n) is 0.339. The van der Waals surface area contributed by atoms with Crippen LogP contribution >= 0.6 is 0 Å². The normalized spacial score (nSPS) is 12.4. The van der Waals surface area contributed by atoms with Crippen LogP contribution in [0.1, 0.15) is 6.92 Å². The lowest BCUT2D eigenvalue weighted by atomic mass is 10.8. The molecule has 6 heteroatoms. The lowest BCUT2D eigenvalue weighted by Crippen LogP contribution is -2.37. The van der Waals surface area contributed by atoms with Gasteiger partial charge in [-0.15, -0.1) is 0 Å². The third-order valence-corrected chi connectivity index (χ3v) is 2.50. The molecule has 0 aliphatic carbocycles. The smallest absolute Gasteiger partial charge is 0.289 e. The fourth-order valence-corrected chi connectivity index (χ4v) is 1.02. The summed E-state index contributed by atoms with van der Waals surface area (Å²) in [5.74, 6) is 0. The van der Waals surface area contributed by atoms with E-state index in [-0.39, 0.29) is 0 Å². The number of nitrogens with zero attached hydrogens (tertiary/aromatic N) is 1. The second-order valence-electron chi connectivity index (χ2n) is 1.71. The highest BCUT2D eigenvalue weighted by Crippen LogP contribution is 1.90. The summed E-state index contributed by atoms with van der Waals surface area (Å²) in [7, 11) is -0.689. The summed E-state index contributed by atoms with van der Waals surface area (Å²) in [4.78, 5) is 6.12. The van der Waals surface area contributed by atoms with E-state index in [9.17, 15) is 8.42 Å². The van der Waals surface area contributed by atoms with Gasteiger partial charge >= 0.3 is 10.2 Å². The van der Waals surface area contributed by atoms with Gasteiger partial charge in [0.1, 0.15) is 0 Å². The van der Waals surface area contributed by atoms with E-state index in [1.807, 2.05) is 4.89 Å². The molecule has 0 aromatic heterocycles. The standard InChI is InChI=1S/C4H12N2O3S/c1-4-6(2)10(7,8)5-9-3/h5H,4H2,1-3H3. The molecule has 0 amide bonds. The van der Waals surface area contributed by atoms with E-state index in [0.717, 1.165) is 4.31 Å². The molecule has 0 bridgehead atoms. The highest BCUT2D eigenvalue weighted by atomic mass is 32.2. The zero-order valence-electron chi connectivity index (χ0n) is 6.29. The molecule has 5 nitrogen and oxygen atoms in total. The molecule has 62 valence electrons. The molecule has 0 aliphatic rings. The molecule has 0 atom stereocenters. The van der Waals surface area contributed by atoms with Crippen LogP contribution in [-0.2, 0) is 15.0 Å². The summed E-state index contributed by atoms with van der Waals surface area (Å²) in [6.07, 6.45) is 0. The first-order valence-electron chi connectivity index (χ1n) is 2.80. The minimum Gasteiger partial charge on any atom is -0.289 e. The Morgan fingerprint density at radius 3 is 2.40 bits per heavy atom. The molecule has 0 saturated heterocycles. The van der Waals surface area contributed by atoms with Crippen molar-refractivity contribution in [2.24, 2.45) is 0 Å². The van der Waals surface area contributed by atoms with Gasteiger partial charge in [0, 0.05) is 13.6 Å². The summed E-state index contributed by atoms with van der Waals surface area (Å²) in [5.41, 5.74) is 0. The van der Waals surface area contributed by atoms with E-state index in [0.29, 0.717) is 6.54 Å².